The Morgan fingerprint density at radius 3 is 2.50 bits per heavy atom. The molecule has 0 radical (unpaired) electrons. The predicted octanol–water partition coefficient (Wildman–Crippen LogP) is 4.29. The molecule has 1 aliphatic rings. The SMILES string of the molecule is CCCCN(C(=O)c1cc(C)n(-c2ccc(Br)cc2)c1C)C1CCS(=O)(=O)C1. The second-order valence-corrected chi connectivity index (χ2v) is 10.6. The zero-order chi connectivity index (χ0) is 20.5. The highest BCUT2D eigenvalue weighted by atomic mass is 79.9. The number of nitrogens with zero attached hydrogens (tertiary/aromatic N) is 2. The van der Waals surface area contributed by atoms with E-state index in [2.05, 4.69) is 27.4 Å². The summed E-state index contributed by atoms with van der Waals surface area (Å²) in [5, 5.41) is 0. The molecule has 152 valence electrons. The summed E-state index contributed by atoms with van der Waals surface area (Å²) < 4.78 is 27.0. The number of sulfone groups is 1. The van der Waals surface area contributed by atoms with Crippen LogP contribution in [0.15, 0.2) is 34.8 Å². The van der Waals surface area contributed by atoms with Crippen LogP contribution in [0.25, 0.3) is 5.69 Å². The van der Waals surface area contributed by atoms with E-state index in [1.54, 1.807) is 4.90 Å². The van der Waals surface area contributed by atoms with E-state index >= 15 is 0 Å². The summed E-state index contributed by atoms with van der Waals surface area (Å²) >= 11 is 3.45. The lowest BCUT2D eigenvalue weighted by Gasteiger charge is -2.28. The zero-order valence-corrected chi connectivity index (χ0v) is 19.0. The molecule has 0 N–H and O–H groups in total. The highest BCUT2D eigenvalue weighted by molar-refractivity contribution is 9.10. The smallest absolute Gasteiger partial charge is 0.255 e. The fourth-order valence-electron chi connectivity index (χ4n) is 3.92. The number of carbonyl (C=O) groups is 1. The van der Waals surface area contributed by atoms with Gasteiger partial charge in [0.1, 0.15) is 0 Å². The van der Waals surface area contributed by atoms with Crippen molar-refractivity contribution in [1.82, 2.24) is 9.47 Å². The number of unbranched alkanes of at least 4 members (excludes halogenated alkanes) is 1. The monoisotopic (exact) mass is 466 g/mol. The van der Waals surface area contributed by atoms with E-state index in [1.807, 2.05) is 44.2 Å². The number of hydrogen-bond acceptors (Lipinski definition) is 3. The molecule has 1 aromatic carbocycles. The first-order valence-corrected chi connectivity index (χ1v) is 12.3. The predicted molar refractivity (Wildman–Crippen MR) is 116 cm³/mol. The molecule has 0 bridgehead atoms. The van der Waals surface area contributed by atoms with Gasteiger partial charge in [-0.2, -0.15) is 0 Å². The van der Waals surface area contributed by atoms with Gasteiger partial charge in [0, 0.05) is 34.1 Å². The first-order chi connectivity index (χ1) is 13.2. The highest BCUT2D eigenvalue weighted by Gasteiger charge is 2.35. The molecular formula is C21H27BrN2O3S. The van der Waals surface area contributed by atoms with Crippen LogP contribution >= 0.6 is 15.9 Å². The molecule has 1 aromatic heterocycles. The van der Waals surface area contributed by atoms with E-state index in [1.165, 1.54) is 0 Å². The molecule has 1 atom stereocenters. The normalized spacial score (nSPS) is 18.4. The lowest BCUT2D eigenvalue weighted by molar-refractivity contribution is 0.0693. The number of benzene rings is 1. The second-order valence-electron chi connectivity index (χ2n) is 7.51. The van der Waals surface area contributed by atoms with Crippen LogP contribution in [-0.2, 0) is 9.84 Å². The minimum absolute atomic E-state index is 0.0630. The van der Waals surface area contributed by atoms with E-state index in [-0.39, 0.29) is 23.5 Å². The molecule has 3 rings (SSSR count). The van der Waals surface area contributed by atoms with Gasteiger partial charge in [-0.25, -0.2) is 8.42 Å². The maximum Gasteiger partial charge on any atom is 0.255 e. The maximum absolute atomic E-state index is 13.4. The van der Waals surface area contributed by atoms with Crippen molar-refractivity contribution in [3.63, 3.8) is 0 Å². The Balaban J connectivity index is 1.95. The Hall–Kier alpha value is -1.60. The van der Waals surface area contributed by atoms with Gasteiger partial charge in [-0.15, -0.1) is 0 Å². The number of hydrogen-bond donors (Lipinski definition) is 0. The molecule has 1 saturated heterocycles. The van der Waals surface area contributed by atoms with Crippen molar-refractivity contribution in [2.45, 2.75) is 46.1 Å². The van der Waals surface area contributed by atoms with Crippen LogP contribution in [0, 0.1) is 13.8 Å². The molecule has 28 heavy (non-hydrogen) atoms. The van der Waals surface area contributed by atoms with Crippen LogP contribution in [0.2, 0.25) is 0 Å². The van der Waals surface area contributed by atoms with E-state index in [0.29, 0.717) is 18.5 Å². The first-order valence-electron chi connectivity index (χ1n) is 9.69. The van der Waals surface area contributed by atoms with E-state index in [9.17, 15) is 13.2 Å². The summed E-state index contributed by atoms with van der Waals surface area (Å²) in [5.41, 5.74) is 3.52. The number of aryl methyl sites for hydroxylation is 1. The highest BCUT2D eigenvalue weighted by Crippen LogP contribution is 2.26. The van der Waals surface area contributed by atoms with Gasteiger partial charge < -0.3 is 9.47 Å². The average Bonchev–Trinajstić information content (AvgIpc) is 3.15. The largest absolute Gasteiger partial charge is 0.335 e. The standard InChI is InChI=1S/C21H27BrN2O3S/c1-4-5-11-23(19-10-12-28(26,27)14-19)21(25)20-13-15(2)24(16(20)3)18-8-6-17(22)7-9-18/h6-9,13,19H,4-5,10-12,14H2,1-3H3. The Morgan fingerprint density at radius 1 is 1.25 bits per heavy atom. The molecule has 7 heteroatoms. The summed E-state index contributed by atoms with van der Waals surface area (Å²) in [5.74, 6) is 0.186. The molecule has 1 aliphatic heterocycles. The Bertz CT molecular complexity index is 964. The van der Waals surface area contributed by atoms with Crippen molar-refractivity contribution in [2.24, 2.45) is 0 Å². The fraction of sp³-hybridized carbons (Fsp3) is 0.476. The number of rotatable bonds is 6. The molecule has 0 aliphatic carbocycles. The summed E-state index contributed by atoms with van der Waals surface area (Å²) in [6.07, 6.45) is 2.36. The van der Waals surface area contributed by atoms with Crippen LogP contribution in [-0.4, -0.2) is 47.9 Å². The summed E-state index contributed by atoms with van der Waals surface area (Å²) in [7, 11) is -3.04. The first kappa shape index (κ1) is 21.1. The van der Waals surface area contributed by atoms with E-state index in [4.69, 9.17) is 0 Å². The molecule has 1 unspecified atom stereocenters. The summed E-state index contributed by atoms with van der Waals surface area (Å²) in [6.45, 7) is 6.61. The van der Waals surface area contributed by atoms with Crippen molar-refractivity contribution in [1.29, 1.82) is 0 Å². The Kier molecular flexibility index (Phi) is 6.34. The van der Waals surface area contributed by atoms with E-state index in [0.717, 1.165) is 34.4 Å². The van der Waals surface area contributed by atoms with Gasteiger partial charge >= 0.3 is 0 Å². The van der Waals surface area contributed by atoms with E-state index < -0.39 is 9.84 Å². The second kappa shape index (κ2) is 8.41. The third-order valence-corrected chi connectivity index (χ3v) is 7.69. The van der Waals surface area contributed by atoms with Gasteiger partial charge in [0.15, 0.2) is 9.84 Å². The van der Waals surface area contributed by atoms with Crippen LogP contribution in [0.1, 0.15) is 47.9 Å². The summed E-state index contributed by atoms with van der Waals surface area (Å²) in [4.78, 5) is 15.2. The fourth-order valence-corrected chi connectivity index (χ4v) is 5.92. The lowest BCUT2D eigenvalue weighted by atomic mass is 10.1. The van der Waals surface area contributed by atoms with Gasteiger partial charge in [-0.05, 0) is 57.0 Å². The number of halogens is 1. The molecular weight excluding hydrogens is 440 g/mol. The van der Waals surface area contributed by atoms with Crippen LogP contribution in [0.3, 0.4) is 0 Å². The lowest BCUT2D eigenvalue weighted by Crippen LogP contribution is -2.42. The van der Waals surface area contributed by atoms with Crippen molar-refractivity contribution in [3.8, 4) is 5.69 Å². The molecule has 5 nitrogen and oxygen atoms in total. The third-order valence-electron chi connectivity index (χ3n) is 5.41. The molecule has 1 amide bonds. The summed E-state index contributed by atoms with van der Waals surface area (Å²) in [6, 6.07) is 9.68. The Labute approximate surface area is 175 Å². The van der Waals surface area contributed by atoms with Crippen molar-refractivity contribution >= 4 is 31.7 Å². The van der Waals surface area contributed by atoms with Crippen molar-refractivity contribution in [2.75, 3.05) is 18.1 Å². The van der Waals surface area contributed by atoms with Gasteiger partial charge in [-0.3, -0.25) is 4.79 Å². The quantitative estimate of drug-likeness (QED) is 0.637. The minimum atomic E-state index is -3.04. The third kappa shape index (κ3) is 4.35. The van der Waals surface area contributed by atoms with Gasteiger partial charge in [0.25, 0.3) is 5.91 Å². The molecule has 2 heterocycles. The topological polar surface area (TPSA) is 59.4 Å². The molecule has 0 spiro atoms. The maximum atomic E-state index is 13.4. The van der Waals surface area contributed by atoms with Crippen molar-refractivity contribution in [3.05, 3.63) is 51.8 Å². The number of aromatic nitrogens is 1. The molecule has 1 fully saturated rings. The van der Waals surface area contributed by atoms with Crippen LogP contribution < -0.4 is 0 Å². The van der Waals surface area contributed by atoms with Gasteiger partial charge in [0.2, 0.25) is 0 Å². The minimum Gasteiger partial charge on any atom is -0.335 e. The van der Waals surface area contributed by atoms with Gasteiger partial charge in [-0.1, -0.05) is 29.3 Å². The Morgan fingerprint density at radius 2 is 1.93 bits per heavy atom. The number of amides is 1. The van der Waals surface area contributed by atoms with Crippen LogP contribution in [0.4, 0.5) is 0 Å². The van der Waals surface area contributed by atoms with Crippen molar-refractivity contribution < 1.29 is 13.2 Å². The van der Waals surface area contributed by atoms with Crippen LogP contribution in [0.5, 0.6) is 0 Å². The number of carbonyl (C=O) groups excluding carboxylic acids is 1. The van der Waals surface area contributed by atoms with Gasteiger partial charge in [0.05, 0.1) is 17.1 Å². The molecule has 2 aromatic rings. The average molecular weight is 467 g/mol. The zero-order valence-electron chi connectivity index (χ0n) is 16.6. The molecule has 0 saturated carbocycles.